The third-order valence-electron chi connectivity index (χ3n) is 4.40. The lowest BCUT2D eigenvalue weighted by atomic mass is 9.88. The fourth-order valence-electron chi connectivity index (χ4n) is 3.13. The van der Waals surface area contributed by atoms with Crippen molar-refractivity contribution < 1.29 is 19.6 Å². The standard InChI is InChI=1S/C19H15ClN2O5/c1-2-8-21-16-7-6-13(20)10-15(16)19(25,18(21)24)11-17(23)12-4-3-5-14(9-12)22(26)27/h2-7,9-10,25H,1,8,11H2/t19-/m0/s1. The monoisotopic (exact) mass is 386 g/mol. The van der Waals surface area contributed by atoms with Gasteiger partial charge in [-0.15, -0.1) is 6.58 Å². The van der Waals surface area contributed by atoms with Gasteiger partial charge < -0.3 is 10.0 Å². The van der Waals surface area contributed by atoms with Crippen LogP contribution in [-0.4, -0.2) is 28.3 Å². The molecular weight excluding hydrogens is 372 g/mol. The first kappa shape index (κ1) is 18.8. The van der Waals surface area contributed by atoms with Crippen molar-refractivity contribution in [1.29, 1.82) is 0 Å². The van der Waals surface area contributed by atoms with Crippen molar-refractivity contribution in [3.8, 4) is 0 Å². The number of hydrogen-bond acceptors (Lipinski definition) is 5. The van der Waals surface area contributed by atoms with E-state index in [1.807, 2.05) is 0 Å². The summed E-state index contributed by atoms with van der Waals surface area (Å²) in [6, 6.07) is 9.77. The molecule has 1 atom stereocenters. The second-order valence-electron chi connectivity index (χ2n) is 6.13. The number of halogens is 1. The van der Waals surface area contributed by atoms with Gasteiger partial charge in [0.05, 0.1) is 17.0 Å². The zero-order valence-electron chi connectivity index (χ0n) is 14.1. The lowest BCUT2D eigenvalue weighted by molar-refractivity contribution is -0.384. The highest BCUT2D eigenvalue weighted by Crippen LogP contribution is 2.44. The molecule has 0 unspecified atom stereocenters. The van der Waals surface area contributed by atoms with Gasteiger partial charge in [0.1, 0.15) is 0 Å². The molecule has 2 aromatic rings. The summed E-state index contributed by atoms with van der Waals surface area (Å²) in [4.78, 5) is 37.1. The van der Waals surface area contributed by atoms with Crippen LogP contribution in [0.1, 0.15) is 22.3 Å². The Labute approximate surface area is 159 Å². The van der Waals surface area contributed by atoms with E-state index < -0.39 is 28.6 Å². The van der Waals surface area contributed by atoms with Gasteiger partial charge in [0, 0.05) is 34.8 Å². The van der Waals surface area contributed by atoms with Crippen LogP contribution >= 0.6 is 11.6 Å². The number of ketones is 1. The smallest absolute Gasteiger partial charge is 0.270 e. The van der Waals surface area contributed by atoms with E-state index in [9.17, 15) is 24.8 Å². The minimum Gasteiger partial charge on any atom is -0.375 e. The zero-order valence-corrected chi connectivity index (χ0v) is 14.8. The predicted octanol–water partition coefficient (Wildman–Crippen LogP) is 3.24. The van der Waals surface area contributed by atoms with Crippen molar-refractivity contribution in [2.45, 2.75) is 12.0 Å². The van der Waals surface area contributed by atoms with Crippen LogP contribution in [0, 0.1) is 10.1 Å². The molecule has 27 heavy (non-hydrogen) atoms. The molecule has 1 aliphatic rings. The van der Waals surface area contributed by atoms with Crippen LogP contribution in [0.25, 0.3) is 0 Å². The van der Waals surface area contributed by atoms with Crippen LogP contribution < -0.4 is 4.90 Å². The topological polar surface area (TPSA) is 101 Å². The molecule has 1 heterocycles. The van der Waals surface area contributed by atoms with Crippen LogP contribution in [-0.2, 0) is 10.4 Å². The van der Waals surface area contributed by atoms with Crippen LogP contribution in [0.5, 0.6) is 0 Å². The van der Waals surface area contributed by atoms with Crippen molar-refractivity contribution in [3.63, 3.8) is 0 Å². The number of nitrogens with zero attached hydrogens (tertiary/aromatic N) is 2. The van der Waals surface area contributed by atoms with Gasteiger partial charge in [-0.1, -0.05) is 29.8 Å². The Kier molecular flexibility index (Phi) is 4.82. The molecular formula is C19H15ClN2O5. The summed E-state index contributed by atoms with van der Waals surface area (Å²) in [5, 5.41) is 22.3. The van der Waals surface area contributed by atoms with Crippen molar-refractivity contribution in [2.24, 2.45) is 0 Å². The first-order chi connectivity index (χ1) is 12.8. The van der Waals surface area contributed by atoms with Crippen LogP contribution in [0.15, 0.2) is 55.1 Å². The first-order valence-electron chi connectivity index (χ1n) is 8.01. The summed E-state index contributed by atoms with van der Waals surface area (Å²) in [6.07, 6.45) is 0.943. The predicted molar refractivity (Wildman–Crippen MR) is 99.9 cm³/mol. The molecule has 0 bridgehead atoms. The number of rotatable bonds is 6. The minimum atomic E-state index is -2.11. The molecule has 138 valence electrons. The summed E-state index contributed by atoms with van der Waals surface area (Å²) in [6.45, 7) is 3.75. The number of fused-ring (bicyclic) bond motifs is 1. The molecule has 0 fully saturated rings. The molecule has 1 amide bonds. The molecule has 0 aromatic heterocycles. The summed E-state index contributed by atoms with van der Waals surface area (Å²) in [7, 11) is 0. The van der Waals surface area contributed by atoms with E-state index >= 15 is 0 Å². The Morgan fingerprint density at radius 1 is 1.33 bits per heavy atom. The molecule has 7 nitrogen and oxygen atoms in total. The van der Waals surface area contributed by atoms with Gasteiger partial charge in [0.2, 0.25) is 0 Å². The van der Waals surface area contributed by atoms with Crippen molar-refractivity contribution in [3.05, 3.63) is 81.4 Å². The summed E-state index contributed by atoms with van der Waals surface area (Å²) < 4.78 is 0. The maximum atomic E-state index is 12.9. The molecule has 0 saturated heterocycles. The third-order valence-corrected chi connectivity index (χ3v) is 4.64. The Bertz CT molecular complexity index is 974. The van der Waals surface area contributed by atoms with E-state index in [1.165, 1.54) is 35.2 Å². The number of nitro groups is 1. The number of hydrogen-bond donors (Lipinski definition) is 1. The number of carbonyl (C=O) groups is 2. The summed E-state index contributed by atoms with van der Waals surface area (Å²) >= 11 is 6.01. The summed E-state index contributed by atoms with van der Waals surface area (Å²) in [5.74, 6) is -1.26. The highest BCUT2D eigenvalue weighted by Gasteiger charge is 2.50. The second-order valence-corrected chi connectivity index (χ2v) is 6.57. The van der Waals surface area contributed by atoms with Crippen LogP contribution in [0.3, 0.4) is 0 Å². The molecule has 8 heteroatoms. The van der Waals surface area contributed by atoms with Crippen molar-refractivity contribution in [2.75, 3.05) is 11.4 Å². The average molecular weight is 387 g/mol. The van der Waals surface area contributed by atoms with Crippen LogP contribution in [0.4, 0.5) is 11.4 Å². The third kappa shape index (κ3) is 3.22. The van der Waals surface area contributed by atoms with Gasteiger partial charge in [-0.05, 0) is 18.2 Å². The van der Waals surface area contributed by atoms with Gasteiger partial charge in [-0.25, -0.2) is 0 Å². The zero-order chi connectivity index (χ0) is 19.8. The average Bonchev–Trinajstić information content (AvgIpc) is 2.84. The Morgan fingerprint density at radius 3 is 2.74 bits per heavy atom. The van der Waals surface area contributed by atoms with Crippen LogP contribution in [0.2, 0.25) is 5.02 Å². The number of benzene rings is 2. The van der Waals surface area contributed by atoms with Crippen molar-refractivity contribution >= 4 is 34.7 Å². The SMILES string of the molecule is C=CCN1C(=O)[C@](O)(CC(=O)c2cccc([N+](=O)[O-])c2)c2cc(Cl)ccc21. The van der Waals surface area contributed by atoms with E-state index in [-0.39, 0.29) is 23.4 Å². The molecule has 3 rings (SSSR count). The summed E-state index contributed by atoms with van der Waals surface area (Å²) in [5.41, 5.74) is -1.65. The normalized spacial score (nSPS) is 18.3. The number of aliphatic hydroxyl groups is 1. The fourth-order valence-corrected chi connectivity index (χ4v) is 3.30. The Morgan fingerprint density at radius 2 is 2.07 bits per heavy atom. The number of anilines is 1. The quantitative estimate of drug-likeness (QED) is 0.355. The van der Waals surface area contributed by atoms with Crippen molar-refractivity contribution in [1.82, 2.24) is 0 Å². The van der Waals surface area contributed by atoms with E-state index in [0.29, 0.717) is 10.7 Å². The van der Waals surface area contributed by atoms with E-state index in [1.54, 1.807) is 12.1 Å². The fraction of sp³-hybridized carbons (Fsp3) is 0.158. The van der Waals surface area contributed by atoms with Gasteiger partial charge in [0.15, 0.2) is 11.4 Å². The molecule has 0 spiro atoms. The number of amides is 1. The minimum absolute atomic E-state index is 0.0381. The largest absolute Gasteiger partial charge is 0.375 e. The second kappa shape index (κ2) is 6.94. The molecule has 0 radical (unpaired) electrons. The number of non-ortho nitro benzene ring substituents is 1. The molecule has 1 N–H and O–H groups in total. The Hall–Kier alpha value is -3.03. The highest BCUT2D eigenvalue weighted by molar-refractivity contribution is 6.31. The van der Waals surface area contributed by atoms with Gasteiger partial charge in [-0.2, -0.15) is 0 Å². The van der Waals surface area contributed by atoms with Gasteiger partial charge >= 0.3 is 0 Å². The van der Waals surface area contributed by atoms with Gasteiger partial charge in [0.25, 0.3) is 11.6 Å². The first-order valence-corrected chi connectivity index (χ1v) is 8.38. The molecule has 0 saturated carbocycles. The molecule has 1 aliphatic heterocycles. The highest BCUT2D eigenvalue weighted by atomic mass is 35.5. The number of nitro benzene ring substituents is 1. The van der Waals surface area contributed by atoms with Gasteiger partial charge in [-0.3, -0.25) is 19.7 Å². The molecule has 2 aromatic carbocycles. The van der Waals surface area contributed by atoms with E-state index in [0.717, 1.165) is 6.07 Å². The van der Waals surface area contributed by atoms with E-state index in [4.69, 9.17) is 11.6 Å². The van der Waals surface area contributed by atoms with E-state index in [2.05, 4.69) is 6.58 Å². The lowest BCUT2D eigenvalue weighted by Crippen LogP contribution is -2.41. The maximum Gasteiger partial charge on any atom is 0.270 e. The maximum absolute atomic E-state index is 12.9. The number of carbonyl (C=O) groups excluding carboxylic acids is 2. The Balaban J connectivity index is 2.00. The molecule has 0 aliphatic carbocycles. The lowest BCUT2D eigenvalue weighted by Gasteiger charge is -2.22. The number of Topliss-reactive ketones (excluding diaryl/α,β-unsaturated/α-hetero) is 1.